The van der Waals surface area contributed by atoms with Crippen molar-refractivity contribution in [2.24, 2.45) is 4.99 Å². The van der Waals surface area contributed by atoms with E-state index in [0.717, 1.165) is 23.5 Å². The third-order valence-corrected chi connectivity index (χ3v) is 7.82. The van der Waals surface area contributed by atoms with Gasteiger partial charge in [0.15, 0.2) is 4.80 Å². The van der Waals surface area contributed by atoms with Crippen LogP contribution in [0.2, 0.25) is 0 Å². The lowest BCUT2D eigenvalue weighted by molar-refractivity contribution is -0.394. The van der Waals surface area contributed by atoms with E-state index in [1.165, 1.54) is 18.8 Å². The number of benzene rings is 2. The van der Waals surface area contributed by atoms with Crippen LogP contribution < -0.4 is 24.4 Å². The monoisotopic (exact) mass is 597 g/mol. The number of fused-ring (bicyclic) bond motifs is 1. The predicted octanol–water partition coefficient (Wildman–Crippen LogP) is 2.64. The first kappa shape index (κ1) is 29.9. The smallest absolute Gasteiger partial charge is 0.318 e. The molecule has 42 heavy (non-hydrogen) atoms. The molecule has 2 aromatic carbocycles. The zero-order valence-corrected chi connectivity index (χ0v) is 24.1. The number of aromatic hydroxyl groups is 1. The first-order valence-electron chi connectivity index (χ1n) is 12.7. The number of phenolic OH excluding ortho intramolecular Hbond substituents is 1. The third kappa shape index (κ3) is 5.21. The molecule has 1 atom stereocenters. The number of hydrogen-bond acceptors (Lipinski definition) is 11. The molecule has 0 bridgehead atoms. The fourth-order valence-corrected chi connectivity index (χ4v) is 5.78. The maximum atomic E-state index is 14.0. The quantitative estimate of drug-likeness (QED) is 0.287. The number of non-ortho nitro benzene ring substituents is 1. The summed E-state index contributed by atoms with van der Waals surface area (Å²) in [6, 6.07) is 5.55. The normalized spacial score (nSPS) is 14.7. The first-order valence-corrected chi connectivity index (χ1v) is 13.5. The number of phenols is 1. The lowest BCUT2D eigenvalue weighted by atomic mass is 9.93. The Bertz CT molecular complexity index is 1820. The highest BCUT2D eigenvalue weighted by Crippen LogP contribution is 2.38. The third-order valence-electron chi connectivity index (χ3n) is 6.83. The van der Waals surface area contributed by atoms with Gasteiger partial charge < -0.3 is 19.5 Å². The molecule has 4 rings (SSSR count). The van der Waals surface area contributed by atoms with Gasteiger partial charge >= 0.3 is 5.69 Å². The molecular weight excluding hydrogens is 570 g/mol. The van der Waals surface area contributed by atoms with E-state index in [9.17, 15) is 34.9 Å². The van der Waals surface area contributed by atoms with Crippen molar-refractivity contribution in [3.8, 4) is 17.2 Å². The number of nitro benzene ring substituents is 2. The van der Waals surface area contributed by atoms with Crippen molar-refractivity contribution < 1.29 is 29.2 Å². The maximum Gasteiger partial charge on any atom is 0.318 e. The van der Waals surface area contributed by atoms with E-state index in [1.807, 2.05) is 13.8 Å². The summed E-state index contributed by atoms with van der Waals surface area (Å²) in [5, 5.41) is 33.4. The molecule has 220 valence electrons. The average molecular weight is 598 g/mol. The molecule has 14 nitrogen and oxygen atoms in total. The Labute approximate surface area is 242 Å². The molecule has 1 aliphatic heterocycles. The number of allylic oxidation sites excluding steroid dienone is 1. The molecule has 0 saturated carbocycles. The molecular formula is C27H27N5O9S. The van der Waals surface area contributed by atoms with Gasteiger partial charge in [-0.2, -0.15) is 0 Å². The molecule has 3 aromatic rings. The van der Waals surface area contributed by atoms with Gasteiger partial charge in [0.2, 0.25) is 5.75 Å². The molecule has 1 amide bonds. The van der Waals surface area contributed by atoms with Crippen molar-refractivity contribution >= 4 is 34.7 Å². The molecule has 0 aliphatic carbocycles. The molecule has 0 saturated heterocycles. The SMILES string of the molecule is CCN(CC)C(=O)C1=C(C)N=c2s/c(=C/c3cc([N+](=O)[O-])cc([N+](=O)[O-])c3O)c(=O)n2[C@H]1c1cc(OC)ccc1OC. The summed E-state index contributed by atoms with van der Waals surface area (Å²) in [6.45, 7) is 6.13. The number of carbonyl (C=O) groups is 1. The summed E-state index contributed by atoms with van der Waals surface area (Å²) in [7, 11) is 2.93. The van der Waals surface area contributed by atoms with E-state index >= 15 is 0 Å². The van der Waals surface area contributed by atoms with Crippen molar-refractivity contribution in [3.05, 3.63) is 92.6 Å². The molecule has 0 fully saturated rings. The largest absolute Gasteiger partial charge is 0.502 e. The summed E-state index contributed by atoms with van der Waals surface area (Å²) in [6.07, 6.45) is 1.13. The van der Waals surface area contributed by atoms with Crippen molar-refractivity contribution in [2.45, 2.75) is 26.8 Å². The number of aromatic nitrogens is 1. The fourth-order valence-electron chi connectivity index (χ4n) is 4.75. The Morgan fingerprint density at radius 1 is 1.14 bits per heavy atom. The highest BCUT2D eigenvalue weighted by Gasteiger charge is 2.36. The van der Waals surface area contributed by atoms with Gasteiger partial charge in [0, 0.05) is 30.3 Å². The molecule has 0 spiro atoms. The van der Waals surface area contributed by atoms with Gasteiger partial charge in [-0.05, 0) is 45.0 Å². The second-order valence-corrected chi connectivity index (χ2v) is 10.1. The van der Waals surface area contributed by atoms with Crippen molar-refractivity contribution in [3.63, 3.8) is 0 Å². The van der Waals surface area contributed by atoms with Crippen molar-refractivity contribution in [2.75, 3.05) is 27.3 Å². The van der Waals surface area contributed by atoms with Gasteiger partial charge in [0.1, 0.15) is 17.5 Å². The summed E-state index contributed by atoms with van der Waals surface area (Å²) < 4.78 is 12.3. The van der Waals surface area contributed by atoms with Crippen LogP contribution in [0.5, 0.6) is 17.2 Å². The number of nitro groups is 2. The highest BCUT2D eigenvalue weighted by molar-refractivity contribution is 7.07. The second kappa shape index (κ2) is 11.8. The van der Waals surface area contributed by atoms with Crippen molar-refractivity contribution in [1.82, 2.24) is 9.47 Å². The van der Waals surface area contributed by atoms with E-state index in [1.54, 1.807) is 30.0 Å². The lowest BCUT2D eigenvalue weighted by Gasteiger charge is -2.30. The van der Waals surface area contributed by atoms with Gasteiger partial charge in [-0.25, -0.2) is 4.99 Å². The summed E-state index contributed by atoms with van der Waals surface area (Å²) in [5.41, 5.74) is -1.42. The summed E-state index contributed by atoms with van der Waals surface area (Å²) in [5.74, 6) is -0.346. The Morgan fingerprint density at radius 2 is 1.83 bits per heavy atom. The number of carbonyl (C=O) groups excluding carboxylic acids is 1. The fraction of sp³-hybridized carbons (Fsp3) is 0.296. The summed E-state index contributed by atoms with van der Waals surface area (Å²) >= 11 is 0.900. The predicted molar refractivity (Wildman–Crippen MR) is 153 cm³/mol. The number of nitrogens with zero attached hydrogens (tertiary/aromatic N) is 5. The van der Waals surface area contributed by atoms with E-state index < -0.39 is 38.6 Å². The molecule has 0 radical (unpaired) electrons. The van der Waals surface area contributed by atoms with Crippen LogP contribution in [0.4, 0.5) is 11.4 Å². The van der Waals surface area contributed by atoms with E-state index in [4.69, 9.17) is 9.47 Å². The maximum absolute atomic E-state index is 14.0. The number of ether oxygens (including phenoxy) is 2. The van der Waals surface area contributed by atoms with Gasteiger partial charge in [0.25, 0.3) is 17.2 Å². The standard InChI is InChI=1S/C27H27N5O9S/c1-6-29(7-2)26(35)22-14(3)28-27-30(23(22)18-13-17(40-4)8-9-20(18)41-5)25(34)21(42-27)11-15-10-16(31(36)37)12-19(24(15)33)32(38)39/h8-13,23,33H,6-7H2,1-5H3/b21-11+/t23-/m0/s1. The summed E-state index contributed by atoms with van der Waals surface area (Å²) in [4.78, 5) is 55.3. The van der Waals surface area contributed by atoms with Gasteiger partial charge in [0.05, 0.1) is 45.9 Å². The number of amides is 1. The van der Waals surface area contributed by atoms with Crippen molar-refractivity contribution in [1.29, 1.82) is 0 Å². The van der Waals surface area contributed by atoms with E-state index in [2.05, 4.69) is 4.99 Å². The molecule has 15 heteroatoms. The van der Waals surface area contributed by atoms with E-state index in [-0.39, 0.29) is 26.4 Å². The van der Waals surface area contributed by atoms with Crippen LogP contribution in [0.25, 0.3) is 6.08 Å². The molecule has 1 N–H and O–H groups in total. The van der Waals surface area contributed by atoms with Crippen LogP contribution in [0.15, 0.2) is 51.4 Å². The number of hydrogen-bond donors (Lipinski definition) is 1. The van der Waals surface area contributed by atoms with Crippen LogP contribution in [-0.4, -0.2) is 57.6 Å². The van der Waals surface area contributed by atoms with Crippen LogP contribution in [0, 0.1) is 20.2 Å². The minimum atomic E-state index is -1.01. The number of thiazole rings is 1. The second-order valence-electron chi connectivity index (χ2n) is 9.08. The molecule has 0 unspecified atom stereocenters. The van der Waals surface area contributed by atoms with Gasteiger partial charge in [-0.3, -0.25) is 34.4 Å². The zero-order valence-electron chi connectivity index (χ0n) is 23.3. The van der Waals surface area contributed by atoms with Gasteiger partial charge in [-0.15, -0.1) is 0 Å². The number of rotatable bonds is 9. The topological polar surface area (TPSA) is 180 Å². The Morgan fingerprint density at radius 3 is 2.40 bits per heavy atom. The minimum absolute atomic E-state index is 0.0324. The van der Waals surface area contributed by atoms with Crippen LogP contribution in [0.1, 0.15) is 37.9 Å². The number of likely N-dealkylation sites (N-methyl/N-ethyl adjacent to an activating group) is 1. The van der Waals surface area contributed by atoms with Crippen LogP contribution in [-0.2, 0) is 4.79 Å². The minimum Gasteiger partial charge on any atom is -0.502 e. The zero-order chi connectivity index (χ0) is 30.9. The lowest BCUT2D eigenvalue weighted by Crippen LogP contribution is -2.43. The Balaban J connectivity index is 2.07. The highest BCUT2D eigenvalue weighted by atomic mass is 32.1. The molecule has 2 heterocycles. The van der Waals surface area contributed by atoms with Crippen LogP contribution >= 0.6 is 11.3 Å². The first-order chi connectivity index (χ1) is 20.0. The molecule has 1 aromatic heterocycles. The average Bonchev–Trinajstić information content (AvgIpc) is 3.26. The van der Waals surface area contributed by atoms with Crippen LogP contribution in [0.3, 0.4) is 0 Å². The Kier molecular flexibility index (Phi) is 8.42. The Hall–Kier alpha value is -5.05. The molecule has 1 aliphatic rings. The van der Waals surface area contributed by atoms with E-state index in [0.29, 0.717) is 41.9 Å². The van der Waals surface area contributed by atoms with Gasteiger partial charge in [-0.1, -0.05) is 11.3 Å². The number of methoxy groups -OCH3 is 2.